The normalized spacial score (nSPS) is 19.4. The molecule has 3 heterocycles. The molecule has 0 radical (unpaired) electrons. The van der Waals surface area contributed by atoms with Gasteiger partial charge in [-0.3, -0.25) is 19.0 Å². The number of hydrogen-bond donors (Lipinski definition) is 3. The number of alkyl carbamates (subject to hydrolysis) is 1. The molecule has 262 valence electrons. The van der Waals surface area contributed by atoms with Crippen molar-refractivity contribution < 1.29 is 41.8 Å². The molecule has 5 rings (SSSR count). The number of benzene rings is 1. The number of pyridine rings is 2. The molecule has 1 aromatic carbocycles. The predicted molar refractivity (Wildman–Crippen MR) is 171 cm³/mol. The van der Waals surface area contributed by atoms with Gasteiger partial charge in [0, 0.05) is 43.2 Å². The average Bonchev–Trinajstić information content (AvgIpc) is 3.42. The van der Waals surface area contributed by atoms with Crippen molar-refractivity contribution in [1.82, 2.24) is 25.5 Å². The van der Waals surface area contributed by atoms with E-state index < -0.39 is 70.0 Å². The lowest BCUT2D eigenvalue weighted by Gasteiger charge is -2.24. The van der Waals surface area contributed by atoms with Crippen molar-refractivity contribution in [3.05, 3.63) is 63.7 Å². The second kappa shape index (κ2) is 13.4. The highest BCUT2D eigenvalue weighted by atomic mass is 19.1. The minimum Gasteiger partial charge on any atom is -0.462 e. The molecule has 5 atom stereocenters. The van der Waals surface area contributed by atoms with Crippen LogP contribution >= 0.6 is 0 Å². The van der Waals surface area contributed by atoms with E-state index in [1.165, 1.54) is 20.8 Å². The summed E-state index contributed by atoms with van der Waals surface area (Å²) in [6.07, 6.45) is 0.266. The third kappa shape index (κ3) is 7.47. The number of halogens is 3. The standard InChI is InChI=1S/C33H37F3N6O7/c1-7-48-31(46)21-14-42(24-9-8-17(34)10-22(24)35)27-18(26(21)43)11-23(36)28(40-27)41-12-19-20(13-41)25(19)39-30(45)15(2)37-29(44)16(3)38-32(47)49-33(4,5)6/h8-11,14-16,19-20,25H,7,12-13H2,1-6H3,(H,37,44)(H,38,47)(H,39,45)/t15-,16-,19-,20+,25+/m0/s1. The van der Waals surface area contributed by atoms with Gasteiger partial charge in [-0.2, -0.15) is 0 Å². The number of nitrogens with one attached hydrogen (secondary N) is 3. The van der Waals surface area contributed by atoms with Gasteiger partial charge in [-0.1, -0.05) is 0 Å². The molecule has 1 saturated carbocycles. The maximum atomic E-state index is 15.6. The highest BCUT2D eigenvalue weighted by molar-refractivity contribution is 5.94. The summed E-state index contributed by atoms with van der Waals surface area (Å²) >= 11 is 0. The minimum atomic E-state index is -1.01. The lowest BCUT2D eigenvalue weighted by atomic mass is 10.1. The average molecular weight is 687 g/mol. The maximum absolute atomic E-state index is 15.6. The summed E-state index contributed by atoms with van der Waals surface area (Å²) in [5.74, 6) is -5.00. The van der Waals surface area contributed by atoms with Crippen LogP contribution in [0.5, 0.6) is 0 Å². The van der Waals surface area contributed by atoms with Gasteiger partial charge in [-0.15, -0.1) is 0 Å². The van der Waals surface area contributed by atoms with Gasteiger partial charge in [0.15, 0.2) is 17.3 Å². The first-order chi connectivity index (χ1) is 23.0. The number of fused-ring (bicyclic) bond motifs is 2. The largest absolute Gasteiger partial charge is 0.462 e. The van der Waals surface area contributed by atoms with Crippen LogP contribution in [0.15, 0.2) is 35.3 Å². The molecule has 3 N–H and O–H groups in total. The molecule has 49 heavy (non-hydrogen) atoms. The number of piperidine rings is 1. The van der Waals surface area contributed by atoms with Crippen LogP contribution in [0.2, 0.25) is 0 Å². The Balaban J connectivity index is 1.29. The Bertz CT molecular complexity index is 1880. The number of esters is 1. The molecule has 1 aliphatic heterocycles. The van der Waals surface area contributed by atoms with Crippen molar-refractivity contribution >= 4 is 40.7 Å². The van der Waals surface area contributed by atoms with Gasteiger partial charge in [0.25, 0.3) is 0 Å². The first kappa shape index (κ1) is 35.2. The van der Waals surface area contributed by atoms with Crippen LogP contribution < -0.4 is 26.3 Å². The number of anilines is 1. The smallest absolute Gasteiger partial charge is 0.408 e. The summed E-state index contributed by atoms with van der Waals surface area (Å²) in [5, 5.41) is 7.56. The number of ether oxygens (including phenoxy) is 2. The van der Waals surface area contributed by atoms with E-state index in [0.717, 1.165) is 29.0 Å². The van der Waals surface area contributed by atoms with E-state index in [2.05, 4.69) is 20.9 Å². The summed E-state index contributed by atoms with van der Waals surface area (Å²) in [6, 6.07) is 1.52. The van der Waals surface area contributed by atoms with Crippen LogP contribution in [0.25, 0.3) is 16.7 Å². The van der Waals surface area contributed by atoms with Crippen molar-refractivity contribution in [2.45, 2.75) is 65.3 Å². The molecule has 16 heteroatoms. The number of carbonyl (C=O) groups is 4. The molecule has 2 aliphatic rings. The van der Waals surface area contributed by atoms with E-state index in [0.29, 0.717) is 19.2 Å². The third-order valence-corrected chi connectivity index (χ3v) is 8.26. The van der Waals surface area contributed by atoms with E-state index in [1.54, 1.807) is 25.7 Å². The Kier molecular flexibility index (Phi) is 9.61. The van der Waals surface area contributed by atoms with Gasteiger partial charge < -0.3 is 30.3 Å². The van der Waals surface area contributed by atoms with E-state index in [4.69, 9.17) is 9.47 Å². The molecule has 0 spiro atoms. The molecule has 2 aromatic heterocycles. The molecule has 1 aliphatic carbocycles. The monoisotopic (exact) mass is 686 g/mol. The molecule has 3 amide bonds. The second-order valence-electron chi connectivity index (χ2n) is 13.1. The van der Waals surface area contributed by atoms with Gasteiger partial charge in [-0.25, -0.2) is 27.7 Å². The quantitative estimate of drug-likeness (QED) is 0.288. The summed E-state index contributed by atoms with van der Waals surface area (Å²) < 4.78 is 55.4. The van der Waals surface area contributed by atoms with Crippen LogP contribution in [0.1, 0.15) is 51.9 Å². The van der Waals surface area contributed by atoms with Gasteiger partial charge in [0.05, 0.1) is 17.7 Å². The SMILES string of the molecule is CCOC(=O)c1cn(-c2ccc(F)cc2F)c2nc(N3C[C@@H]4[C@H](C3)[C@H]4NC(=O)[C@H](C)NC(=O)[C@H](C)NC(=O)OC(C)(C)C)c(F)cc2c1=O. The number of hydrogen-bond acceptors (Lipinski definition) is 9. The van der Waals surface area contributed by atoms with Crippen LogP contribution in [0, 0.1) is 29.3 Å². The summed E-state index contributed by atoms with van der Waals surface area (Å²) in [6.45, 7) is 10.1. The Morgan fingerprint density at radius 3 is 2.24 bits per heavy atom. The molecule has 2 fully saturated rings. The fourth-order valence-electron chi connectivity index (χ4n) is 5.81. The second-order valence-corrected chi connectivity index (χ2v) is 13.1. The summed E-state index contributed by atoms with van der Waals surface area (Å²) in [5.41, 5.74) is -2.49. The van der Waals surface area contributed by atoms with Crippen molar-refractivity contribution in [2.24, 2.45) is 11.8 Å². The molecular formula is C33H37F3N6O7. The van der Waals surface area contributed by atoms with Gasteiger partial charge >= 0.3 is 12.1 Å². The highest BCUT2D eigenvalue weighted by Gasteiger charge is 2.57. The number of rotatable bonds is 9. The van der Waals surface area contributed by atoms with E-state index >= 15 is 4.39 Å². The maximum Gasteiger partial charge on any atom is 0.408 e. The van der Waals surface area contributed by atoms with Gasteiger partial charge in [0.2, 0.25) is 17.2 Å². The zero-order chi connectivity index (χ0) is 35.9. The van der Waals surface area contributed by atoms with Crippen LogP contribution in [0.3, 0.4) is 0 Å². The predicted octanol–water partition coefficient (Wildman–Crippen LogP) is 2.95. The fraction of sp³-hybridized carbons (Fsp3) is 0.455. The first-order valence-corrected chi connectivity index (χ1v) is 15.7. The Morgan fingerprint density at radius 1 is 0.980 bits per heavy atom. The Hall–Kier alpha value is -5.15. The van der Waals surface area contributed by atoms with E-state index in [1.807, 2.05) is 0 Å². The Morgan fingerprint density at radius 2 is 1.63 bits per heavy atom. The third-order valence-electron chi connectivity index (χ3n) is 8.26. The van der Waals surface area contributed by atoms with Crippen LogP contribution in [-0.4, -0.2) is 76.9 Å². The lowest BCUT2D eigenvalue weighted by molar-refractivity contribution is -0.129. The minimum absolute atomic E-state index is 0.0500. The highest BCUT2D eigenvalue weighted by Crippen LogP contribution is 2.47. The molecule has 13 nitrogen and oxygen atoms in total. The van der Waals surface area contributed by atoms with Crippen LogP contribution in [-0.2, 0) is 19.1 Å². The number of aromatic nitrogens is 2. The number of amides is 3. The zero-order valence-electron chi connectivity index (χ0n) is 27.7. The summed E-state index contributed by atoms with van der Waals surface area (Å²) in [4.78, 5) is 69.2. The zero-order valence-corrected chi connectivity index (χ0v) is 27.7. The van der Waals surface area contributed by atoms with E-state index in [-0.39, 0.29) is 47.0 Å². The molecule has 0 unspecified atom stereocenters. The molecule has 3 aromatic rings. The fourth-order valence-corrected chi connectivity index (χ4v) is 5.81. The molecule has 1 saturated heterocycles. The van der Waals surface area contributed by atoms with Crippen molar-refractivity contribution in [3.8, 4) is 5.69 Å². The first-order valence-electron chi connectivity index (χ1n) is 15.7. The molecule has 0 bridgehead atoms. The van der Waals surface area contributed by atoms with Gasteiger partial charge in [-0.05, 0) is 59.7 Å². The number of nitrogens with zero attached hydrogens (tertiary/aromatic N) is 3. The number of carbonyl (C=O) groups excluding carboxylic acids is 4. The lowest BCUT2D eigenvalue weighted by Crippen LogP contribution is -2.53. The topological polar surface area (TPSA) is 161 Å². The van der Waals surface area contributed by atoms with Crippen molar-refractivity contribution in [1.29, 1.82) is 0 Å². The Labute approximate surface area is 279 Å². The molecular weight excluding hydrogens is 649 g/mol. The van der Waals surface area contributed by atoms with Crippen molar-refractivity contribution in [3.63, 3.8) is 0 Å². The summed E-state index contributed by atoms with van der Waals surface area (Å²) in [7, 11) is 0. The van der Waals surface area contributed by atoms with Gasteiger partial charge in [0.1, 0.15) is 34.9 Å². The van der Waals surface area contributed by atoms with Crippen LogP contribution in [0.4, 0.5) is 23.8 Å². The van der Waals surface area contributed by atoms with Crippen molar-refractivity contribution in [2.75, 3.05) is 24.6 Å². The van der Waals surface area contributed by atoms with E-state index in [9.17, 15) is 32.8 Å².